The Morgan fingerprint density at radius 3 is 2.83 bits per heavy atom. The van der Waals surface area contributed by atoms with Crippen LogP contribution in [-0.4, -0.2) is 27.7 Å². The summed E-state index contributed by atoms with van der Waals surface area (Å²) >= 11 is 0.410. The van der Waals surface area contributed by atoms with Gasteiger partial charge >= 0.3 is 0 Å². The van der Waals surface area contributed by atoms with Gasteiger partial charge in [0.2, 0.25) is 0 Å². The van der Waals surface area contributed by atoms with Crippen molar-refractivity contribution in [3.05, 3.63) is 15.9 Å². The number of nitrogens with zero attached hydrogens (tertiary/aromatic N) is 1. The highest BCUT2D eigenvalue weighted by atomic mass is 32.1. The average molecular weight is 187 g/mol. The Bertz CT molecular complexity index is 372. The van der Waals surface area contributed by atoms with Gasteiger partial charge in [0.15, 0.2) is 4.64 Å². The fraction of sp³-hybridized carbons (Fsp3) is 0.333. The minimum absolute atomic E-state index is 0.410. The van der Waals surface area contributed by atoms with Gasteiger partial charge < -0.3 is 4.84 Å². The van der Waals surface area contributed by atoms with Crippen molar-refractivity contribution >= 4 is 17.5 Å². The molecule has 2 N–H and O–H groups in total. The van der Waals surface area contributed by atoms with Gasteiger partial charge in [-0.1, -0.05) is 5.16 Å². The number of hydrogen-bond acceptors (Lipinski definition) is 3. The van der Waals surface area contributed by atoms with E-state index in [0.717, 1.165) is 11.3 Å². The number of aromatic nitrogens is 2. The molecule has 0 radical (unpaired) electrons. The summed E-state index contributed by atoms with van der Waals surface area (Å²) in [6.45, 7) is 1.82. The molecular formula is C6H9N3O2S. The molecule has 0 unspecified atom stereocenters. The van der Waals surface area contributed by atoms with Crippen molar-refractivity contribution in [2.45, 2.75) is 6.92 Å². The molecule has 66 valence electrons. The lowest BCUT2D eigenvalue weighted by molar-refractivity contribution is 0.215. The Morgan fingerprint density at radius 1 is 1.58 bits per heavy atom. The second-order valence-electron chi connectivity index (χ2n) is 2.12. The third kappa shape index (κ3) is 1.65. The number of H-pyrrole nitrogens is 2. The number of oxime groups is 1. The van der Waals surface area contributed by atoms with Crippen molar-refractivity contribution < 1.29 is 9.05 Å². The molecule has 0 aliphatic carbocycles. The number of aromatic amines is 2. The predicted molar refractivity (Wildman–Crippen MR) is 45.9 cm³/mol. The first-order chi connectivity index (χ1) is 5.79. The molecule has 1 aromatic rings. The SMILES string of the molecule is CON=Cc1[nH][nH]c(=S=O)c1C. The van der Waals surface area contributed by atoms with Gasteiger partial charge in [-0.25, -0.2) is 4.21 Å². The third-order valence-electron chi connectivity index (χ3n) is 1.43. The summed E-state index contributed by atoms with van der Waals surface area (Å²) in [5, 5.41) is 9.06. The molecular weight excluding hydrogens is 178 g/mol. The summed E-state index contributed by atoms with van der Waals surface area (Å²) in [4.78, 5) is 4.49. The largest absolute Gasteiger partial charge is 0.399 e. The van der Waals surface area contributed by atoms with Crippen LogP contribution in [-0.2, 0) is 16.1 Å². The number of rotatable bonds is 2. The van der Waals surface area contributed by atoms with E-state index in [9.17, 15) is 4.21 Å². The van der Waals surface area contributed by atoms with Crippen LogP contribution in [0.5, 0.6) is 0 Å². The standard InChI is InChI=1S/C6H9N3O2S/c1-4-5(3-7-11-2)8-9-6(4)12-10/h3,8-9H,1-2H3. The Hall–Kier alpha value is -1.30. The highest BCUT2D eigenvalue weighted by Crippen LogP contribution is 1.99. The highest BCUT2D eigenvalue weighted by molar-refractivity contribution is 7.56. The van der Waals surface area contributed by atoms with E-state index in [2.05, 4.69) is 20.2 Å². The molecule has 5 nitrogen and oxygen atoms in total. The van der Waals surface area contributed by atoms with Crippen LogP contribution in [0.1, 0.15) is 11.3 Å². The zero-order valence-corrected chi connectivity index (χ0v) is 7.57. The van der Waals surface area contributed by atoms with E-state index in [1.165, 1.54) is 13.3 Å². The molecule has 6 heteroatoms. The van der Waals surface area contributed by atoms with Crippen molar-refractivity contribution in [1.29, 1.82) is 0 Å². The average Bonchev–Trinajstić information content (AvgIpc) is 2.43. The van der Waals surface area contributed by atoms with Gasteiger partial charge in [-0.05, 0) is 6.92 Å². The molecule has 0 aliphatic rings. The summed E-state index contributed by atoms with van der Waals surface area (Å²) in [5.74, 6) is 0. The summed E-state index contributed by atoms with van der Waals surface area (Å²) in [6, 6.07) is 0. The van der Waals surface area contributed by atoms with Crippen LogP contribution >= 0.6 is 0 Å². The second kappa shape index (κ2) is 3.91. The molecule has 0 saturated heterocycles. The van der Waals surface area contributed by atoms with Crippen LogP contribution in [0.3, 0.4) is 0 Å². The van der Waals surface area contributed by atoms with Gasteiger partial charge in [-0.15, -0.1) is 0 Å². The Kier molecular flexibility index (Phi) is 2.87. The van der Waals surface area contributed by atoms with Crippen molar-refractivity contribution in [1.82, 2.24) is 10.2 Å². The quantitative estimate of drug-likeness (QED) is 0.399. The van der Waals surface area contributed by atoms with Gasteiger partial charge in [-0.2, -0.15) is 0 Å². The lowest BCUT2D eigenvalue weighted by Crippen LogP contribution is -1.84. The van der Waals surface area contributed by atoms with Gasteiger partial charge in [0.05, 0.1) is 11.9 Å². The van der Waals surface area contributed by atoms with Gasteiger partial charge in [-0.3, -0.25) is 10.2 Å². The van der Waals surface area contributed by atoms with Gasteiger partial charge in [0.25, 0.3) is 0 Å². The van der Waals surface area contributed by atoms with E-state index in [1.807, 2.05) is 6.92 Å². The molecule has 0 amide bonds. The van der Waals surface area contributed by atoms with Gasteiger partial charge in [0.1, 0.15) is 18.4 Å². The molecule has 0 aliphatic heterocycles. The molecule has 0 saturated carbocycles. The van der Waals surface area contributed by atoms with E-state index in [-0.39, 0.29) is 0 Å². The zero-order chi connectivity index (χ0) is 8.97. The van der Waals surface area contributed by atoms with Crippen molar-refractivity contribution in [3.63, 3.8) is 0 Å². The Morgan fingerprint density at radius 2 is 2.33 bits per heavy atom. The summed E-state index contributed by atoms with van der Waals surface area (Å²) in [5.41, 5.74) is 1.59. The third-order valence-corrected chi connectivity index (χ3v) is 2.00. The molecule has 1 heterocycles. The van der Waals surface area contributed by atoms with Crippen molar-refractivity contribution in [2.75, 3.05) is 7.11 Å². The van der Waals surface area contributed by atoms with E-state index in [4.69, 9.17) is 0 Å². The van der Waals surface area contributed by atoms with Crippen molar-refractivity contribution in [3.8, 4) is 0 Å². The van der Waals surface area contributed by atoms with E-state index < -0.39 is 0 Å². The maximum Gasteiger partial charge on any atom is 0.153 e. The second-order valence-corrected chi connectivity index (χ2v) is 2.69. The Labute approximate surface area is 72.5 Å². The van der Waals surface area contributed by atoms with Crippen LogP contribution in [0.2, 0.25) is 0 Å². The minimum Gasteiger partial charge on any atom is -0.399 e. The lowest BCUT2D eigenvalue weighted by Gasteiger charge is -1.86. The lowest BCUT2D eigenvalue weighted by atomic mass is 10.3. The predicted octanol–water partition coefficient (Wildman–Crippen LogP) is 0.377. The molecule has 12 heavy (non-hydrogen) atoms. The Balaban J connectivity index is 3.11. The minimum atomic E-state index is 0.410. The van der Waals surface area contributed by atoms with Crippen LogP contribution in [0.4, 0.5) is 0 Å². The van der Waals surface area contributed by atoms with E-state index >= 15 is 0 Å². The topological polar surface area (TPSA) is 70.2 Å². The zero-order valence-electron chi connectivity index (χ0n) is 6.75. The van der Waals surface area contributed by atoms with Crippen LogP contribution in [0.25, 0.3) is 0 Å². The maximum absolute atomic E-state index is 10.4. The van der Waals surface area contributed by atoms with Crippen LogP contribution in [0.15, 0.2) is 5.16 Å². The summed E-state index contributed by atoms with van der Waals surface area (Å²) in [6.07, 6.45) is 1.51. The normalized spacial score (nSPS) is 10.5. The smallest absolute Gasteiger partial charge is 0.153 e. The fourth-order valence-corrected chi connectivity index (χ4v) is 1.08. The highest BCUT2D eigenvalue weighted by Gasteiger charge is 1.98. The molecule has 0 atom stereocenters. The maximum atomic E-state index is 10.4. The number of nitrogens with one attached hydrogen (secondary N) is 2. The van der Waals surface area contributed by atoms with E-state index in [0.29, 0.717) is 15.9 Å². The molecule has 0 spiro atoms. The molecule has 1 rings (SSSR count). The monoisotopic (exact) mass is 187 g/mol. The number of hydrogen-bond donors (Lipinski definition) is 2. The fourth-order valence-electron chi connectivity index (χ4n) is 0.752. The van der Waals surface area contributed by atoms with Gasteiger partial charge in [0, 0.05) is 5.56 Å². The molecule has 1 aromatic heterocycles. The molecule has 0 bridgehead atoms. The van der Waals surface area contributed by atoms with Crippen LogP contribution in [0, 0.1) is 11.6 Å². The first-order valence-corrected chi connectivity index (χ1v) is 4.00. The summed E-state index contributed by atoms with van der Waals surface area (Å²) < 4.78 is 11.0. The molecule has 0 fully saturated rings. The summed E-state index contributed by atoms with van der Waals surface area (Å²) in [7, 11) is 1.46. The molecule has 0 aromatic carbocycles. The first kappa shape index (κ1) is 8.79. The van der Waals surface area contributed by atoms with E-state index in [1.54, 1.807) is 0 Å². The van der Waals surface area contributed by atoms with Crippen LogP contribution < -0.4 is 0 Å². The first-order valence-electron chi connectivity index (χ1n) is 3.26. The van der Waals surface area contributed by atoms with Crippen molar-refractivity contribution in [2.24, 2.45) is 5.16 Å².